The summed E-state index contributed by atoms with van der Waals surface area (Å²) in [5, 5.41) is 3.77. The maximum Gasteiger partial charge on any atom is 0.0658 e. The summed E-state index contributed by atoms with van der Waals surface area (Å²) in [5.74, 6) is 4.12. The molecule has 7 nitrogen and oxygen atoms in total. The Balaban J connectivity index is 1.43. The summed E-state index contributed by atoms with van der Waals surface area (Å²) in [5.41, 5.74) is 18.3. The standard InChI is InChI=1S/C41H80N4O3/c1-5-6-7-8-9-10-23-45-24-11-15-31(2)34-16-17-35-39-36(18-19-40(34,35)3)41(4)32(29-37(39)47-26-13-21-43)28-33(46-25-12-20-42)30-38(41)48-27-14-22-44/h31-39,45H,5-30,42-44H2,1-4H3/t31-,32?,33+,34?,35+,36+,37-,38+,39?,40-,41+/m1/s1. The summed E-state index contributed by atoms with van der Waals surface area (Å²) >= 11 is 0. The molecular formula is C41H80N4O3. The van der Waals surface area contributed by atoms with Gasteiger partial charge in [0, 0.05) is 31.7 Å². The van der Waals surface area contributed by atoms with Crippen LogP contribution in [0.4, 0.5) is 0 Å². The summed E-state index contributed by atoms with van der Waals surface area (Å²) in [7, 11) is 0. The Morgan fingerprint density at radius 1 is 0.708 bits per heavy atom. The average Bonchev–Trinajstić information content (AvgIpc) is 3.43. The van der Waals surface area contributed by atoms with E-state index in [1.165, 1.54) is 90.1 Å². The number of nitrogens with one attached hydrogen (secondary N) is 1. The number of hydrogen-bond donors (Lipinski definition) is 4. The zero-order valence-electron chi connectivity index (χ0n) is 32.0. The molecule has 0 amide bonds. The van der Waals surface area contributed by atoms with Gasteiger partial charge in [-0.15, -0.1) is 0 Å². The second-order valence-corrected chi connectivity index (χ2v) is 17.1. The van der Waals surface area contributed by atoms with Gasteiger partial charge >= 0.3 is 0 Å². The quantitative estimate of drug-likeness (QED) is 0.0786. The summed E-state index contributed by atoms with van der Waals surface area (Å²) in [6, 6.07) is 0. The van der Waals surface area contributed by atoms with Gasteiger partial charge in [-0.1, -0.05) is 59.8 Å². The largest absolute Gasteiger partial charge is 0.378 e. The molecule has 282 valence electrons. The topological polar surface area (TPSA) is 118 Å². The van der Waals surface area contributed by atoms with Crippen molar-refractivity contribution < 1.29 is 14.2 Å². The third-order valence-corrected chi connectivity index (χ3v) is 14.2. The molecule has 0 saturated heterocycles. The normalized spacial score (nSPS) is 36.8. The van der Waals surface area contributed by atoms with Crippen LogP contribution in [0.2, 0.25) is 0 Å². The van der Waals surface area contributed by atoms with Crippen LogP contribution in [0.1, 0.15) is 143 Å². The van der Waals surface area contributed by atoms with Crippen LogP contribution in [0.15, 0.2) is 0 Å². The Hall–Kier alpha value is -0.280. The summed E-state index contributed by atoms with van der Waals surface area (Å²) in [6.45, 7) is 16.9. The Kier molecular flexibility index (Phi) is 17.4. The van der Waals surface area contributed by atoms with Gasteiger partial charge < -0.3 is 36.7 Å². The number of hydrogen-bond acceptors (Lipinski definition) is 7. The summed E-state index contributed by atoms with van der Waals surface area (Å²) < 4.78 is 20.3. The minimum absolute atomic E-state index is 0.146. The predicted octanol–water partition coefficient (Wildman–Crippen LogP) is 7.43. The van der Waals surface area contributed by atoms with Crippen LogP contribution in [0.5, 0.6) is 0 Å². The Bertz CT molecular complexity index is 879. The molecule has 0 radical (unpaired) electrons. The Morgan fingerprint density at radius 2 is 1.38 bits per heavy atom. The van der Waals surface area contributed by atoms with Gasteiger partial charge in [0.2, 0.25) is 0 Å². The molecule has 4 aliphatic carbocycles. The van der Waals surface area contributed by atoms with Gasteiger partial charge in [0.15, 0.2) is 0 Å². The Labute approximate surface area is 296 Å². The molecule has 4 fully saturated rings. The molecule has 0 aromatic carbocycles. The van der Waals surface area contributed by atoms with Gasteiger partial charge in [-0.05, 0) is 151 Å². The van der Waals surface area contributed by atoms with Gasteiger partial charge in [-0.25, -0.2) is 0 Å². The van der Waals surface area contributed by atoms with Crippen LogP contribution in [0.25, 0.3) is 0 Å². The van der Waals surface area contributed by atoms with Gasteiger partial charge in [0.1, 0.15) is 0 Å². The van der Waals surface area contributed by atoms with Crippen LogP contribution in [0.3, 0.4) is 0 Å². The molecule has 4 aliphatic rings. The molecule has 0 aliphatic heterocycles. The lowest BCUT2D eigenvalue weighted by molar-refractivity contribution is -0.235. The van der Waals surface area contributed by atoms with E-state index in [1.54, 1.807) is 0 Å². The minimum Gasteiger partial charge on any atom is -0.378 e. The molecule has 0 spiro atoms. The lowest BCUT2D eigenvalue weighted by atomic mass is 9.43. The number of unbranched alkanes of at least 4 members (excludes halogenated alkanes) is 5. The molecule has 4 saturated carbocycles. The summed E-state index contributed by atoms with van der Waals surface area (Å²) in [4.78, 5) is 0. The zero-order valence-corrected chi connectivity index (χ0v) is 32.0. The first kappa shape index (κ1) is 40.5. The van der Waals surface area contributed by atoms with E-state index in [4.69, 9.17) is 31.4 Å². The van der Waals surface area contributed by atoms with Crippen LogP contribution in [-0.2, 0) is 14.2 Å². The van der Waals surface area contributed by atoms with Gasteiger partial charge in [0.05, 0.1) is 18.3 Å². The first-order chi connectivity index (χ1) is 23.3. The Morgan fingerprint density at radius 3 is 2.10 bits per heavy atom. The van der Waals surface area contributed by atoms with Crippen molar-refractivity contribution in [1.29, 1.82) is 0 Å². The molecule has 0 aromatic rings. The van der Waals surface area contributed by atoms with E-state index in [9.17, 15) is 0 Å². The van der Waals surface area contributed by atoms with Crippen molar-refractivity contribution in [3.8, 4) is 0 Å². The highest BCUT2D eigenvalue weighted by Crippen LogP contribution is 2.69. The predicted molar refractivity (Wildman–Crippen MR) is 201 cm³/mol. The number of rotatable bonds is 24. The monoisotopic (exact) mass is 677 g/mol. The van der Waals surface area contributed by atoms with Gasteiger partial charge in [-0.2, -0.15) is 0 Å². The van der Waals surface area contributed by atoms with Crippen LogP contribution in [0, 0.1) is 46.3 Å². The van der Waals surface area contributed by atoms with Crippen LogP contribution >= 0.6 is 0 Å². The molecule has 3 unspecified atom stereocenters. The van der Waals surface area contributed by atoms with E-state index >= 15 is 0 Å². The fraction of sp³-hybridized carbons (Fsp3) is 1.00. The highest BCUT2D eigenvalue weighted by Gasteiger charge is 2.65. The lowest BCUT2D eigenvalue weighted by Crippen LogP contribution is -2.64. The van der Waals surface area contributed by atoms with Crippen molar-refractivity contribution in [2.45, 2.75) is 162 Å². The second-order valence-electron chi connectivity index (χ2n) is 17.1. The fourth-order valence-electron chi connectivity index (χ4n) is 11.6. The van der Waals surface area contributed by atoms with E-state index in [1.807, 2.05) is 0 Å². The molecule has 0 bridgehead atoms. The lowest BCUT2D eigenvalue weighted by Gasteiger charge is -2.65. The minimum atomic E-state index is 0.146. The van der Waals surface area contributed by atoms with E-state index in [0.29, 0.717) is 48.9 Å². The molecule has 48 heavy (non-hydrogen) atoms. The number of nitrogens with two attached hydrogens (primary N) is 3. The van der Waals surface area contributed by atoms with Crippen molar-refractivity contribution in [2.24, 2.45) is 63.5 Å². The fourth-order valence-corrected chi connectivity index (χ4v) is 11.6. The SMILES string of the molecule is CCCCCCCCNCCC[C@@H](C)C1CC[C@H]2C3[C@H](OCCCN)CC4C[C@H](OCCCN)C[C@H](OCCCN)[C@]4(C)[C@H]3CC[C@]12C. The summed E-state index contributed by atoms with van der Waals surface area (Å²) in [6.07, 6.45) is 23.1. The van der Waals surface area contributed by atoms with Crippen molar-refractivity contribution in [1.82, 2.24) is 5.32 Å². The maximum atomic E-state index is 6.94. The molecule has 11 atom stereocenters. The smallest absolute Gasteiger partial charge is 0.0658 e. The molecular weight excluding hydrogens is 596 g/mol. The molecule has 4 rings (SSSR count). The van der Waals surface area contributed by atoms with E-state index < -0.39 is 0 Å². The van der Waals surface area contributed by atoms with Crippen LogP contribution in [-0.4, -0.2) is 70.9 Å². The van der Waals surface area contributed by atoms with Crippen LogP contribution < -0.4 is 22.5 Å². The number of fused-ring (bicyclic) bond motifs is 5. The highest BCUT2D eigenvalue weighted by molar-refractivity contribution is 5.14. The first-order valence-electron chi connectivity index (χ1n) is 21.0. The van der Waals surface area contributed by atoms with Gasteiger partial charge in [0.25, 0.3) is 0 Å². The maximum absolute atomic E-state index is 6.94. The van der Waals surface area contributed by atoms with Crippen molar-refractivity contribution >= 4 is 0 Å². The third-order valence-electron chi connectivity index (χ3n) is 14.2. The van der Waals surface area contributed by atoms with E-state index in [2.05, 4.69) is 33.0 Å². The average molecular weight is 677 g/mol. The van der Waals surface area contributed by atoms with Gasteiger partial charge in [-0.3, -0.25) is 0 Å². The van der Waals surface area contributed by atoms with Crippen molar-refractivity contribution in [3.05, 3.63) is 0 Å². The van der Waals surface area contributed by atoms with Crippen molar-refractivity contribution in [3.63, 3.8) is 0 Å². The molecule has 0 aromatic heterocycles. The molecule has 7 N–H and O–H groups in total. The first-order valence-corrected chi connectivity index (χ1v) is 21.0. The molecule has 0 heterocycles. The van der Waals surface area contributed by atoms with E-state index in [0.717, 1.165) is 76.1 Å². The van der Waals surface area contributed by atoms with Crippen molar-refractivity contribution in [2.75, 3.05) is 52.5 Å². The highest BCUT2D eigenvalue weighted by atomic mass is 16.5. The molecule has 7 heteroatoms. The number of ether oxygens (including phenoxy) is 3. The van der Waals surface area contributed by atoms with E-state index in [-0.39, 0.29) is 17.6 Å². The second kappa shape index (κ2) is 20.7. The third kappa shape index (κ3) is 9.98. The zero-order chi connectivity index (χ0) is 34.4.